The van der Waals surface area contributed by atoms with E-state index >= 15 is 0 Å². The van der Waals surface area contributed by atoms with Crippen LogP contribution in [0.4, 0.5) is 0 Å². The number of ether oxygens (including phenoxy) is 1. The first kappa shape index (κ1) is 16.0. The van der Waals surface area contributed by atoms with Crippen LogP contribution in [0.2, 0.25) is 0 Å². The Morgan fingerprint density at radius 2 is 1.96 bits per heavy atom. The highest BCUT2D eigenvalue weighted by Gasteiger charge is 2.09. The largest absolute Gasteiger partial charge is 0.459 e. The van der Waals surface area contributed by atoms with Gasteiger partial charge in [-0.2, -0.15) is 0 Å². The molecule has 0 aliphatic rings. The lowest BCUT2D eigenvalue weighted by molar-refractivity contribution is -0.145. The molecule has 0 aliphatic carbocycles. The Morgan fingerprint density at radius 1 is 1.12 bits per heavy atom. The molecule has 7 nitrogen and oxygen atoms in total. The van der Waals surface area contributed by atoms with Gasteiger partial charge >= 0.3 is 5.97 Å². The first-order chi connectivity index (χ1) is 12.7. The van der Waals surface area contributed by atoms with Gasteiger partial charge in [-0.05, 0) is 24.3 Å². The minimum Gasteiger partial charge on any atom is -0.459 e. The lowest BCUT2D eigenvalue weighted by Crippen LogP contribution is -2.14. The molecular formula is C19H16N4O3. The highest BCUT2D eigenvalue weighted by molar-refractivity contribution is 5.77. The van der Waals surface area contributed by atoms with E-state index in [2.05, 4.69) is 15.0 Å². The van der Waals surface area contributed by atoms with Gasteiger partial charge in [0.15, 0.2) is 0 Å². The van der Waals surface area contributed by atoms with E-state index in [9.17, 15) is 9.59 Å². The van der Waals surface area contributed by atoms with Gasteiger partial charge in [0.1, 0.15) is 18.1 Å². The Balaban J connectivity index is 1.37. The number of nitrogens with one attached hydrogen (secondary N) is 1. The van der Waals surface area contributed by atoms with Crippen molar-refractivity contribution >= 4 is 22.5 Å². The van der Waals surface area contributed by atoms with Gasteiger partial charge in [0.2, 0.25) is 0 Å². The van der Waals surface area contributed by atoms with Gasteiger partial charge in [-0.3, -0.25) is 9.59 Å². The van der Waals surface area contributed by atoms with E-state index in [4.69, 9.17) is 4.74 Å². The number of hydrogen-bond donors (Lipinski definition) is 1. The van der Waals surface area contributed by atoms with Crippen molar-refractivity contribution in [3.63, 3.8) is 0 Å². The molecule has 0 bridgehead atoms. The number of carbonyl (C=O) groups is 1. The Kier molecular flexibility index (Phi) is 4.18. The van der Waals surface area contributed by atoms with Gasteiger partial charge in [-0.15, -0.1) is 0 Å². The number of aromatic nitrogens is 4. The predicted molar refractivity (Wildman–Crippen MR) is 95.7 cm³/mol. The quantitative estimate of drug-likeness (QED) is 0.559. The number of H-pyrrole nitrogens is 1. The second-order valence-corrected chi connectivity index (χ2v) is 5.89. The smallest absolute Gasteiger partial charge is 0.306 e. The van der Waals surface area contributed by atoms with Gasteiger partial charge in [0.05, 0.1) is 23.0 Å². The fourth-order valence-corrected chi connectivity index (χ4v) is 2.76. The number of para-hydroxylation sites is 1. The van der Waals surface area contributed by atoms with Crippen molar-refractivity contribution in [3.05, 3.63) is 76.7 Å². The predicted octanol–water partition coefficient (Wildman–Crippen LogP) is 2.25. The van der Waals surface area contributed by atoms with Crippen LogP contribution in [0.15, 0.2) is 59.7 Å². The van der Waals surface area contributed by atoms with Crippen molar-refractivity contribution in [3.8, 4) is 0 Å². The minimum atomic E-state index is -0.363. The normalized spacial score (nSPS) is 11.1. The average Bonchev–Trinajstić information content (AvgIpc) is 3.08. The molecule has 0 amide bonds. The van der Waals surface area contributed by atoms with E-state index in [1.807, 2.05) is 41.1 Å². The minimum absolute atomic E-state index is 0.113. The maximum Gasteiger partial charge on any atom is 0.306 e. The van der Waals surface area contributed by atoms with Crippen LogP contribution in [-0.2, 0) is 22.6 Å². The molecule has 0 saturated carbocycles. The number of esters is 1. The number of benzene rings is 1. The molecule has 4 aromatic rings. The van der Waals surface area contributed by atoms with Gasteiger partial charge in [0.25, 0.3) is 5.56 Å². The number of rotatable bonds is 5. The summed E-state index contributed by atoms with van der Waals surface area (Å²) in [6, 6.07) is 12.8. The van der Waals surface area contributed by atoms with E-state index in [0.717, 1.165) is 5.65 Å². The number of fused-ring (bicyclic) bond motifs is 2. The van der Waals surface area contributed by atoms with Crippen LogP contribution in [-0.4, -0.2) is 25.3 Å². The third-order valence-electron chi connectivity index (χ3n) is 4.02. The molecule has 0 radical (unpaired) electrons. The average molecular weight is 348 g/mol. The Bertz CT molecular complexity index is 1110. The van der Waals surface area contributed by atoms with Crippen LogP contribution >= 0.6 is 0 Å². The van der Waals surface area contributed by atoms with E-state index in [1.54, 1.807) is 18.2 Å². The van der Waals surface area contributed by atoms with Crippen LogP contribution in [0.25, 0.3) is 16.6 Å². The van der Waals surface area contributed by atoms with Crippen LogP contribution in [0, 0.1) is 0 Å². The van der Waals surface area contributed by atoms with Crippen LogP contribution in [0.5, 0.6) is 0 Å². The maximum atomic E-state index is 12.0. The third-order valence-corrected chi connectivity index (χ3v) is 4.02. The number of hydrogen-bond acceptors (Lipinski definition) is 5. The van der Waals surface area contributed by atoms with Crippen molar-refractivity contribution < 1.29 is 9.53 Å². The standard InChI is InChI=1S/C19H16N4O3/c24-18(26-12-13-11-23-10-4-3-7-17(23)20-13)9-8-16-21-15-6-2-1-5-14(15)19(25)22-16/h1-7,10-11H,8-9,12H2,(H,21,22,25). The maximum absolute atomic E-state index is 12.0. The summed E-state index contributed by atoms with van der Waals surface area (Å²) in [6.45, 7) is 0.113. The summed E-state index contributed by atoms with van der Waals surface area (Å²) in [4.78, 5) is 35.5. The van der Waals surface area contributed by atoms with Crippen LogP contribution < -0.4 is 5.56 Å². The van der Waals surface area contributed by atoms with Crippen molar-refractivity contribution in [2.45, 2.75) is 19.4 Å². The Hall–Kier alpha value is -3.48. The second-order valence-electron chi connectivity index (χ2n) is 5.89. The van der Waals surface area contributed by atoms with E-state index in [1.165, 1.54) is 0 Å². The molecule has 0 saturated heterocycles. The molecule has 130 valence electrons. The highest BCUT2D eigenvalue weighted by atomic mass is 16.5. The van der Waals surface area contributed by atoms with Crippen molar-refractivity contribution in [2.75, 3.05) is 0 Å². The zero-order valence-corrected chi connectivity index (χ0v) is 13.9. The monoisotopic (exact) mass is 348 g/mol. The number of nitrogens with zero attached hydrogens (tertiary/aromatic N) is 3. The van der Waals surface area contributed by atoms with Crippen molar-refractivity contribution in [1.29, 1.82) is 0 Å². The zero-order chi connectivity index (χ0) is 17.9. The molecular weight excluding hydrogens is 332 g/mol. The summed E-state index contributed by atoms with van der Waals surface area (Å²) in [7, 11) is 0. The second kappa shape index (κ2) is 6.79. The fourth-order valence-electron chi connectivity index (χ4n) is 2.76. The van der Waals surface area contributed by atoms with Gasteiger partial charge in [-0.25, -0.2) is 9.97 Å². The fraction of sp³-hybridized carbons (Fsp3) is 0.158. The summed E-state index contributed by atoms with van der Waals surface area (Å²) in [5.41, 5.74) is 1.89. The molecule has 0 unspecified atom stereocenters. The Labute approximate surface area is 148 Å². The van der Waals surface area contributed by atoms with Crippen molar-refractivity contribution in [2.24, 2.45) is 0 Å². The number of imidazole rings is 1. The van der Waals surface area contributed by atoms with E-state index < -0.39 is 0 Å². The number of pyridine rings is 1. The summed E-state index contributed by atoms with van der Waals surface area (Å²) >= 11 is 0. The molecule has 0 atom stereocenters. The SMILES string of the molecule is O=C(CCc1nc2ccccc2c(=O)[nH]1)OCc1cn2ccccc2n1. The molecule has 1 N–H and O–H groups in total. The number of aromatic amines is 1. The number of carbonyl (C=O) groups excluding carboxylic acids is 1. The highest BCUT2D eigenvalue weighted by Crippen LogP contribution is 2.08. The molecule has 7 heteroatoms. The molecule has 0 aliphatic heterocycles. The first-order valence-electron chi connectivity index (χ1n) is 8.25. The summed E-state index contributed by atoms with van der Waals surface area (Å²) in [5.74, 6) is 0.108. The summed E-state index contributed by atoms with van der Waals surface area (Å²) in [5, 5.41) is 0.533. The van der Waals surface area contributed by atoms with Gasteiger partial charge in [0, 0.05) is 18.8 Å². The molecule has 3 heterocycles. The van der Waals surface area contributed by atoms with Crippen LogP contribution in [0.3, 0.4) is 0 Å². The Morgan fingerprint density at radius 3 is 2.85 bits per heavy atom. The molecule has 3 aromatic heterocycles. The number of aryl methyl sites for hydroxylation is 1. The third kappa shape index (κ3) is 3.32. The van der Waals surface area contributed by atoms with E-state index in [0.29, 0.717) is 28.8 Å². The molecule has 4 rings (SSSR count). The molecule has 1 aromatic carbocycles. The van der Waals surface area contributed by atoms with E-state index in [-0.39, 0.29) is 24.6 Å². The van der Waals surface area contributed by atoms with Gasteiger partial charge < -0.3 is 14.1 Å². The van der Waals surface area contributed by atoms with Gasteiger partial charge in [-0.1, -0.05) is 18.2 Å². The van der Waals surface area contributed by atoms with Crippen LogP contribution in [0.1, 0.15) is 17.9 Å². The lowest BCUT2D eigenvalue weighted by Gasteiger charge is -2.04. The molecule has 0 fully saturated rings. The molecule has 26 heavy (non-hydrogen) atoms. The summed E-state index contributed by atoms with van der Waals surface area (Å²) in [6.07, 6.45) is 4.15. The topological polar surface area (TPSA) is 89.3 Å². The summed E-state index contributed by atoms with van der Waals surface area (Å²) < 4.78 is 7.13. The lowest BCUT2D eigenvalue weighted by atomic mass is 10.2. The zero-order valence-electron chi connectivity index (χ0n) is 13.9. The molecule has 0 spiro atoms. The van der Waals surface area contributed by atoms with Crippen molar-refractivity contribution in [1.82, 2.24) is 19.4 Å². The first-order valence-corrected chi connectivity index (χ1v) is 8.25.